The molecule has 0 amide bonds. The van der Waals surface area contributed by atoms with Gasteiger partial charge >= 0.3 is 0 Å². The fourth-order valence-corrected chi connectivity index (χ4v) is 9.48. The lowest BCUT2D eigenvalue weighted by Gasteiger charge is -2.14. The smallest absolute Gasteiger partial charge is 0.123 e. The highest BCUT2D eigenvalue weighted by Crippen LogP contribution is 2.43. The van der Waals surface area contributed by atoms with E-state index in [0.717, 1.165) is 111 Å². The molecule has 2 aliphatic heterocycles. The number of fused-ring (bicyclic) bond motifs is 8. The van der Waals surface area contributed by atoms with Gasteiger partial charge in [-0.05, 0) is 219 Å². The van der Waals surface area contributed by atoms with Crippen molar-refractivity contribution in [1.82, 2.24) is 19.9 Å². The number of hydrogen-bond acceptors (Lipinski definition) is 2. The van der Waals surface area contributed by atoms with Gasteiger partial charge in [0.25, 0.3) is 0 Å². The van der Waals surface area contributed by atoms with Gasteiger partial charge in [-0.2, -0.15) is 0 Å². The molecule has 2 aliphatic rings. The summed E-state index contributed by atoms with van der Waals surface area (Å²) in [6, 6.07) is 20.2. The SMILES string of the molecule is Cc1cc(F)cc(C)c1-c1c2nc(c(-c3c(C)cc(F)cc3C)c3ccc([nH]3)c(-c3c(C)cc(F)cc3C)c3nc(c(-c4c(C)cc(F)cc4C)c4ccc1[nH]4)C=C3)C=C2. The minimum absolute atomic E-state index is 0.329. The third-order valence-electron chi connectivity index (χ3n) is 11.7. The maximum absolute atomic E-state index is 14.9. The lowest BCUT2D eigenvalue weighted by Crippen LogP contribution is -1.96. The molecule has 7 aromatic rings. The summed E-state index contributed by atoms with van der Waals surface area (Å²) in [5, 5.41) is 0. The largest absolute Gasteiger partial charge is 0.354 e. The van der Waals surface area contributed by atoms with Gasteiger partial charge in [0.1, 0.15) is 23.3 Å². The Kier molecular flexibility index (Phi) is 9.34. The molecule has 5 heterocycles. The first kappa shape index (κ1) is 38.7. The van der Waals surface area contributed by atoms with Crippen LogP contribution in [0, 0.1) is 78.7 Å². The first-order valence-corrected chi connectivity index (χ1v) is 19.9. The van der Waals surface area contributed by atoms with Crippen LogP contribution in [0.15, 0.2) is 72.8 Å². The van der Waals surface area contributed by atoms with Gasteiger partial charge < -0.3 is 9.97 Å². The average Bonchev–Trinajstić information content (AvgIpc) is 3.99. The molecule has 3 aromatic heterocycles. The highest BCUT2D eigenvalue weighted by molar-refractivity contribution is 6.01. The van der Waals surface area contributed by atoms with Crippen LogP contribution in [-0.4, -0.2) is 19.9 Å². The molecule has 298 valence electrons. The van der Waals surface area contributed by atoms with Gasteiger partial charge in [-0.15, -0.1) is 0 Å². The summed E-state index contributed by atoms with van der Waals surface area (Å²) in [4.78, 5) is 18.2. The molecule has 9 rings (SSSR count). The summed E-state index contributed by atoms with van der Waals surface area (Å²) in [5.41, 5.74) is 17.9. The van der Waals surface area contributed by atoms with Crippen LogP contribution in [0.1, 0.15) is 67.3 Å². The summed E-state index contributed by atoms with van der Waals surface area (Å²) in [7, 11) is 0. The van der Waals surface area contributed by atoms with Crippen molar-refractivity contribution in [2.24, 2.45) is 0 Å². The number of aryl methyl sites for hydroxylation is 8. The Morgan fingerprint density at radius 2 is 0.483 bits per heavy atom. The number of aromatic amines is 2. The molecule has 8 heteroatoms. The quantitative estimate of drug-likeness (QED) is 0.174. The molecule has 0 radical (unpaired) electrons. The molecule has 0 saturated carbocycles. The lowest BCUT2D eigenvalue weighted by molar-refractivity contribution is 0.625. The van der Waals surface area contributed by atoms with Gasteiger partial charge in [-0.1, -0.05) is 0 Å². The van der Waals surface area contributed by atoms with Crippen LogP contribution in [0.3, 0.4) is 0 Å². The van der Waals surface area contributed by atoms with Crippen LogP contribution < -0.4 is 0 Å². The van der Waals surface area contributed by atoms with E-state index in [9.17, 15) is 17.6 Å². The molecule has 4 aromatic carbocycles. The van der Waals surface area contributed by atoms with Crippen LogP contribution >= 0.6 is 0 Å². The van der Waals surface area contributed by atoms with Crippen molar-refractivity contribution < 1.29 is 17.6 Å². The summed E-state index contributed by atoms with van der Waals surface area (Å²) < 4.78 is 59.6. The first-order chi connectivity index (χ1) is 28.7. The molecule has 8 bridgehead atoms. The average molecular weight is 799 g/mol. The molecular weight excluding hydrogens is 757 g/mol. The topological polar surface area (TPSA) is 57.4 Å². The number of aromatic nitrogens is 4. The highest BCUT2D eigenvalue weighted by atomic mass is 19.1. The second kappa shape index (κ2) is 14.5. The van der Waals surface area contributed by atoms with Crippen molar-refractivity contribution in [2.45, 2.75) is 55.4 Å². The van der Waals surface area contributed by atoms with E-state index in [2.05, 4.69) is 9.97 Å². The number of hydrogen-bond donors (Lipinski definition) is 2. The molecule has 0 aliphatic carbocycles. The standard InChI is InChI=1S/C52H42F4N4/c1-25-17-33(53)18-26(2)45(25)49-37-9-11-39(57-37)50(46-27(3)19-34(54)20-28(46)4)41-13-15-43(59-41)52(48-31(7)23-36(56)24-32(48)8)44-16-14-42(60-44)51(40-12-10-38(49)58-40)47-29(5)21-35(55)22-30(47)6/h9-24,57,60H,1-8H3. The van der Waals surface area contributed by atoms with E-state index < -0.39 is 0 Å². The number of benzene rings is 4. The van der Waals surface area contributed by atoms with Crippen molar-refractivity contribution in [1.29, 1.82) is 0 Å². The van der Waals surface area contributed by atoms with Crippen LogP contribution in [0.25, 0.3) is 90.9 Å². The monoisotopic (exact) mass is 798 g/mol. The van der Waals surface area contributed by atoms with Crippen LogP contribution in [0.4, 0.5) is 17.6 Å². The molecular formula is C52H42F4N4. The molecule has 0 atom stereocenters. The number of rotatable bonds is 4. The normalized spacial score (nSPS) is 12.2. The zero-order valence-electron chi connectivity index (χ0n) is 34.6. The number of nitrogens with zero attached hydrogens (tertiary/aromatic N) is 2. The fourth-order valence-electron chi connectivity index (χ4n) is 9.48. The Morgan fingerprint density at radius 3 is 0.667 bits per heavy atom. The van der Waals surface area contributed by atoms with E-state index in [4.69, 9.17) is 9.97 Å². The highest BCUT2D eigenvalue weighted by Gasteiger charge is 2.24. The minimum atomic E-state index is -0.329. The van der Waals surface area contributed by atoms with E-state index in [-0.39, 0.29) is 23.3 Å². The fraction of sp³-hybridized carbons (Fsp3) is 0.154. The second-order valence-corrected chi connectivity index (χ2v) is 16.2. The van der Waals surface area contributed by atoms with Crippen LogP contribution in [-0.2, 0) is 0 Å². The van der Waals surface area contributed by atoms with E-state index in [0.29, 0.717) is 22.8 Å². The third kappa shape index (κ3) is 6.47. The minimum Gasteiger partial charge on any atom is -0.354 e. The van der Waals surface area contributed by atoms with Gasteiger partial charge in [0, 0.05) is 44.3 Å². The Labute approximate surface area is 346 Å². The second-order valence-electron chi connectivity index (χ2n) is 16.2. The van der Waals surface area contributed by atoms with Crippen molar-refractivity contribution in [3.63, 3.8) is 0 Å². The van der Waals surface area contributed by atoms with Crippen molar-refractivity contribution in [3.8, 4) is 44.5 Å². The van der Waals surface area contributed by atoms with Gasteiger partial charge in [0.2, 0.25) is 0 Å². The van der Waals surface area contributed by atoms with Crippen LogP contribution in [0.5, 0.6) is 0 Å². The maximum atomic E-state index is 14.9. The van der Waals surface area contributed by atoms with E-state index >= 15 is 0 Å². The number of nitrogens with one attached hydrogen (secondary N) is 2. The molecule has 4 nitrogen and oxygen atoms in total. The molecule has 0 fully saturated rings. The van der Waals surface area contributed by atoms with Crippen LogP contribution in [0.2, 0.25) is 0 Å². The Morgan fingerprint density at radius 1 is 0.300 bits per heavy atom. The van der Waals surface area contributed by atoms with Gasteiger partial charge in [-0.3, -0.25) is 0 Å². The van der Waals surface area contributed by atoms with E-state index in [1.807, 2.05) is 104 Å². The first-order valence-electron chi connectivity index (χ1n) is 19.9. The zero-order chi connectivity index (χ0) is 42.3. The summed E-state index contributed by atoms with van der Waals surface area (Å²) >= 11 is 0. The van der Waals surface area contributed by atoms with Gasteiger partial charge in [-0.25, -0.2) is 27.5 Å². The van der Waals surface area contributed by atoms with Gasteiger partial charge in [0.05, 0.1) is 22.8 Å². The summed E-state index contributed by atoms with van der Waals surface area (Å²) in [6.45, 7) is 15.2. The Balaban J connectivity index is 1.54. The van der Waals surface area contributed by atoms with E-state index in [1.165, 1.54) is 48.5 Å². The van der Waals surface area contributed by atoms with Crippen molar-refractivity contribution in [3.05, 3.63) is 163 Å². The number of halogens is 4. The lowest BCUT2D eigenvalue weighted by atomic mass is 9.94. The zero-order valence-corrected chi connectivity index (χ0v) is 34.6. The molecule has 0 saturated heterocycles. The maximum Gasteiger partial charge on any atom is 0.123 e. The van der Waals surface area contributed by atoms with Crippen molar-refractivity contribution in [2.75, 3.05) is 0 Å². The number of H-pyrrole nitrogens is 2. The van der Waals surface area contributed by atoms with Crippen molar-refractivity contribution >= 4 is 46.4 Å². The predicted molar refractivity (Wildman–Crippen MR) is 238 cm³/mol. The molecule has 0 spiro atoms. The van der Waals surface area contributed by atoms with E-state index in [1.54, 1.807) is 0 Å². The molecule has 60 heavy (non-hydrogen) atoms. The Bertz CT molecular complexity index is 2720. The third-order valence-corrected chi connectivity index (χ3v) is 11.7. The molecule has 0 unspecified atom stereocenters. The molecule has 2 N–H and O–H groups in total. The van der Waals surface area contributed by atoms with Gasteiger partial charge in [0.15, 0.2) is 0 Å². The Hall–Kier alpha value is -6.80. The summed E-state index contributed by atoms with van der Waals surface area (Å²) in [5.74, 6) is -1.32. The summed E-state index contributed by atoms with van der Waals surface area (Å²) in [6.07, 6.45) is 7.87. The predicted octanol–water partition coefficient (Wildman–Crippen LogP) is 14.3.